The van der Waals surface area contributed by atoms with Gasteiger partial charge in [-0.15, -0.1) is 23.4 Å². The van der Waals surface area contributed by atoms with Crippen molar-refractivity contribution in [3.8, 4) is 45.8 Å². The van der Waals surface area contributed by atoms with E-state index in [1.165, 1.54) is 37.2 Å². The van der Waals surface area contributed by atoms with Crippen molar-refractivity contribution in [1.82, 2.24) is 20.0 Å². The Morgan fingerprint density at radius 3 is 2.39 bits per heavy atom. The first-order chi connectivity index (χ1) is 14.9. The molecule has 0 amide bonds. The molecule has 2 heterocycles. The van der Waals surface area contributed by atoms with E-state index in [0.29, 0.717) is 22.7 Å². The smallest absolute Gasteiger partial charge is 0.493 e. The fraction of sp³-hybridized carbons (Fsp3) is 0.150. The second-order valence-electron chi connectivity index (χ2n) is 6.16. The predicted molar refractivity (Wildman–Crippen MR) is 102 cm³/mol. The molecule has 31 heavy (non-hydrogen) atoms. The predicted octanol–water partition coefficient (Wildman–Crippen LogP) is 4.51. The zero-order chi connectivity index (χ0) is 22.0. The Hall–Kier alpha value is -4.02. The normalized spacial score (nSPS) is 11.4. The molecule has 0 aliphatic carbocycles. The van der Waals surface area contributed by atoms with Gasteiger partial charge >= 0.3 is 6.36 Å². The van der Waals surface area contributed by atoms with Crippen molar-refractivity contribution < 1.29 is 31.8 Å². The standard InChI is InChI=1S/C20H15F3N4O4/c1-28-16-7-4-12(10-17(16)29-2)18-25-26-19(30-18)14-11-13(31-20(21,22)23)5-6-15(14)27-9-3-8-24-27/h3-11H,1-2H3. The SMILES string of the molecule is COc1ccc(-c2nnc(-c3cc(OC(F)(F)F)ccc3-n3cccn3)o2)cc1OC. The van der Waals surface area contributed by atoms with Gasteiger partial charge in [-0.05, 0) is 42.5 Å². The summed E-state index contributed by atoms with van der Waals surface area (Å²) < 4.78 is 59.8. The van der Waals surface area contributed by atoms with Gasteiger partial charge in [0.05, 0.1) is 25.5 Å². The van der Waals surface area contributed by atoms with Crippen LogP contribution in [0.15, 0.2) is 59.3 Å². The van der Waals surface area contributed by atoms with Crippen LogP contribution in [0.1, 0.15) is 0 Å². The van der Waals surface area contributed by atoms with E-state index in [0.717, 1.165) is 6.07 Å². The first kappa shape index (κ1) is 20.3. The number of benzene rings is 2. The van der Waals surface area contributed by atoms with E-state index in [1.807, 2.05) is 0 Å². The molecule has 0 spiro atoms. The third kappa shape index (κ3) is 4.29. The average Bonchev–Trinajstić information content (AvgIpc) is 3.44. The van der Waals surface area contributed by atoms with Gasteiger partial charge in [-0.1, -0.05) is 0 Å². The van der Waals surface area contributed by atoms with Crippen molar-refractivity contribution in [1.29, 1.82) is 0 Å². The van der Waals surface area contributed by atoms with Crippen LogP contribution in [0.3, 0.4) is 0 Å². The molecular weight excluding hydrogens is 417 g/mol. The summed E-state index contributed by atoms with van der Waals surface area (Å²) in [4.78, 5) is 0. The molecule has 0 radical (unpaired) electrons. The largest absolute Gasteiger partial charge is 0.573 e. The summed E-state index contributed by atoms with van der Waals surface area (Å²) in [6.45, 7) is 0. The van der Waals surface area contributed by atoms with E-state index >= 15 is 0 Å². The summed E-state index contributed by atoms with van der Waals surface area (Å²) in [5, 5.41) is 12.1. The Balaban J connectivity index is 1.77. The van der Waals surface area contributed by atoms with E-state index < -0.39 is 12.1 Å². The van der Waals surface area contributed by atoms with Gasteiger partial charge in [0.2, 0.25) is 11.8 Å². The maximum atomic E-state index is 12.7. The lowest BCUT2D eigenvalue weighted by Gasteiger charge is -2.12. The molecule has 2 aromatic carbocycles. The minimum atomic E-state index is -4.84. The van der Waals surface area contributed by atoms with Gasteiger partial charge in [0.1, 0.15) is 5.75 Å². The number of ether oxygens (including phenoxy) is 3. The lowest BCUT2D eigenvalue weighted by atomic mass is 10.1. The van der Waals surface area contributed by atoms with Crippen LogP contribution in [-0.4, -0.2) is 40.6 Å². The number of halogens is 3. The van der Waals surface area contributed by atoms with Crippen LogP contribution >= 0.6 is 0 Å². The van der Waals surface area contributed by atoms with Gasteiger partial charge in [-0.3, -0.25) is 0 Å². The minimum Gasteiger partial charge on any atom is -0.493 e. The molecule has 160 valence electrons. The number of hydrogen-bond acceptors (Lipinski definition) is 7. The highest BCUT2D eigenvalue weighted by Crippen LogP contribution is 2.35. The molecule has 4 rings (SSSR count). The van der Waals surface area contributed by atoms with Gasteiger partial charge in [-0.25, -0.2) is 4.68 Å². The summed E-state index contributed by atoms with van der Waals surface area (Å²) in [6.07, 6.45) is -1.67. The first-order valence-electron chi connectivity index (χ1n) is 8.84. The zero-order valence-electron chi connectivity index (χ0n) is 16.3. The molecule has 11 heteroatoms. The van der Waals surface area contributed by atoms with E-state index in [4.69, 9.17) is 13.9 Å². The van der Waals surface area contributed by atoms with Gasteiger partial charge in [-0.2, -0.15) is 5.10 Å². The Kier molecular flexibility index (Phi) is 5.24. The van der Waals surface area contributed by atoms with Crippen molar-refractivity contribution in [3.63, 3.8) is 0 Å². The zero-order valence-corrected chi connectivity index (χ0v) is 16.3. The molecule has 4 aromatic rings. The Morgan fingerprint density at radius 2 is 1.71 bits per heavy atom. The number of alkyl halides is 3. The number of nitrogens with zero attached hydrogens (tertiary/aromatic N) is 4. The van der Waals surface area contributed by atoms with Crippen LogP contribution in [0.25, 0.3) is 28.6 Å². The van der Waals surface area contributed by atoms with Crippen molar-refractivity contribution in [2.75, 3.05) is 14.2 Å². The fourth-order valence-electron chi connectivity index (χ4n) is 2.91. The molecule has 8 nitrogen and oxygen atoms in total. The third-order valence-electron chi connectivity index (χ3n) is 4.24. The quantitative estimate of drug-likeness (QED) is 0.443. The molecule has 0 saturated carbocycles. The van der Waals surface area contributed by atoms with Crippen molar-refractivity contribution in [3.05, 3.63) is 54.9 Å². The highest BCUT2D eigenvalue weighted by Gasteiger charge is 2.31. The maximum Gasteiger partial charge on any atom is 0.573 e. The molecule has 0 aliphatic heterocycles. The van der Waals surface area contributed by atoms with E-state index in [9.17, 15) is 13.2 Å². The van der Waals surface area contributed by atoms with Crippen molar-refractivity contribution in [2.24, 2.45) is 0 Å². The average molecular weight is 432 g/mol. The van der Waals surface area contributed by atoms with Crippen LogP contribution in [0.5, 0.6) is 17.2 Å². The van der Waals surface area contributed by atoms with E-state index in [2.05, 4.69) is 20.0 Å². The maximum absolute atomic E-state index is 12.7. The Labute approximate surface area is 173 Å². The van der Waals surface area contributed by atoms with Gasteiger partial charge in [0, 0.05) is 18.0 Å². The van der Waals surface area contributed by atoms with E-state index in [1.54, 1.807) is 30.5 Å². The summed E-state index contributed by atoms with van der Waals surface area (Å²) in [6, 6.07) is 10.4. The second kappa shape index (κ2) is 8.01. The molecule has 0 N–H and O–H groups in total. The summed E-state index contributed by atoms with van der Waals surface area (Å²) in [5.41, 5.74) is 1.19. The molecule has 0 fully saturated rings. The number of methoxy groups -OCH3 is 2. The number of aromatic nitrogens is 4. The van der Waals surface area contributed by atoms with Crippen molar-refractivity contribution >= 4 is 0 Å². The molecule has 0 bridgehead atoms. The van der Waals surface area contributed by atoms with Crippen LogP contribution < -0.4 is 14.2 Å². The number of rotatable bonds is 6. The summed E-state index contributed by atoms with van der Waals surface area (Å²) in [5.74, 6) is 0.679. The fourth-order valence-corrected chi connectivity index (χ4v) is 2.91. The summed E-state index contributed by atoms with van der Waals surface area (Å²) in [7, 11) is 3.00. The first-order valence-corrected chi connectivity index (χ1v) is 8.84. The van der Waals surface area contributed by atoms with Crippen molar-refractivity contribution in [2.45, 2.75) is 6.36 Å². The molecule has 0 unspecified atom stereocenters. The highest BCUT2D eigenvalue weighted by molar-refractivity contribution is 5.69. The molecule has 0 atom stereocenters. The Bertz CT molecular complexity index is 1190. The molecule has 2 aromatic heterocycles. The van der Waals surface area contributed by atoms with Gasteiger partial charge in [0.25, 0.3) is 0 Å². The van der Waals surface area contributed by atoms with E-state index in [-0.39, 0.29) is 17.3 Å². The Morgan fingerprint density at radius 1 is 0.935 bits per heavy atom. The van der Waals surface area contributed by atoms with Crippen LogP contribution in [0, 0.1) is 0 Å². The second-order valence-corrected chi connectivity index (χ2v) is 6.16. The molecule has 0 saturated heterocycles. The third-order valence-corrected chi connectivity index (χ3v) is 4.24. The van der Waals surface area contributed by atoms with Crippen LogP contribution in [0.4, 0.5) is 13.2 Å². The van der Waals surface area contributed by atoms with Crippen LogP contribution in [0.2, 0.25) is 0 Å². The number of hydrogen-bond donors (Lipinski definition) is 0. The van der Waals surface area contributed by atoms with Gasteiger partial charge in [0.15, 0.2) is 11.5 Å². The summed E-state index contributed by atoms with van der Waals surface area (Å²) >= 11 is 0. The van der Waals surface area contributed by atoms with Crippen LogP contribution in [-0.2, 0) is 0 Å². The molecule has 0 aliphatic rings. The lowest BCUT2D eigenvalue weighted by molar-refractivity contribution is -0.274. The molecular formula is C20H15F3N4O4. The topological polar surface area (TPSA) is 84.4 Å². The highest BCUT2D eigenvalue weighted by atomic mass is 19.4. The monoisotopic (exact) mass is 432 g/mol. The van der Waals surface area contributed by atoms with Gasteiger partial charge < -0.3 is 18.6 Å². The lowest BCUT2D eigenvalue weighted by Crippen LogP contribution is -2.17. The minimum absolute atomic E-state index is 0.0112.